The summed E-state index contributed by atoms with van der Waals surface area (Å²) in [5.74, 6) is 1.52. The molecule has 0 saturated carbocycles. The second-order valence-corrected chi connectivity index (χ2v) is 7.03. The van der Waals surface area contributed by atoms with Crippen LogP contribution in [-0.4, -0.2) is 25.2 Å². The number of carbonyl (C=O) groups excluding carboxylic acids is 1. The Kier molecular flexibility index (Phi) is 6.90. The molecule has 0 saturated heterocycles. The van der Waals surface area contributed by atoms with Crippen molar-refractivity contribution in [1.29, 1.82) is 0 Å². The highest BCUT2D eigenvalue weighted by molar-refractivity contribution is 5.88. The summed E-state index contributed by atoms with van der Waals surface area (Å²) in [4.78, 5) is 12.1. The molecule has 0 bridgehead atoms. The van der Waals surface area contributed by atoms with E-state index >= 15 is 0 Å². The van der Waals surface area contributed by atoms with Gasteiger partial charge in [-0.2, -0.15) is 0 Å². The molecule has 3 aromatic carbocycles. The first-order chi connectivity index (χ1) is 13.6. The van der Waals surface area contributed by atoms with E-state index in [2.05, 4.69) is 17.4 Å². The van der Waals surface area contributed by atoms with Crippen molar-refractivity contribution in [2.75, 3.05) is 13.2 Å². The Morgan fingerprint density at radius 3 is 2.50 bits per heavy atom. The van der Waals surface area contributed by atoms with Crippen molar-refractivity contribution < 1.29 is 14.3 Å². The van der Waals surface area contributed by atoms with Crippen LogP contribution in [0.15, 0.2) is 66.7 Å². The number of rotatable bonds is 9. The molecule has 4 heteroatoms. The minimum absolute atomic E-state index is 0.0231. The Morgan fingerprint density at radius 2 is 1.71 bits per heavy atom. The average Bonchev–Trinajstić information content (AvgIpc) is 2.70. The summed E-state index contributed by atoms with van der Waals surface area (Å²) < 4.78 is 11.4. The minimum Gasteiger partial charge on any atom is -0.491 e. The van der Waals surface area contributed by atoms with Crippen LogP contribution in [0.4, 0.5) is 0 Å². The van der Waals surface area contributed by atoms with Crippen molar-refractivity contribution in [3.8, 4) is 11.5 Å². The first kappa shape index (κ1) is 19.7. The van der Waals surface area contributed by atoms with E-state index in [0.29, 0.717) is 6.54 Å². The van der Waals surface area contributed by atoms with Gasteiger partial charge in [0.1, 0.15) is 11.5 Å². The standard InChI is InChI=1S/C24H27NO3/c1-18(2)28-21-14-12-19(13-15-21)7-6-16-25-24(26)17-27-23-11-5-9-20-8-3-4-10-22(20)23/h3-5,8-15,18H,6-7,16-17H2,1-2H3,(H,25,26). The van der Waals surface area contributed by atoms with Gasteiger partial charge < -0.3 is 14.8 Å². The fourth-order valence-corrected chi connectivity index (χ4v) is 3.04. The van der Waals surface area contributed by atoms with Gasteiger partial charge in [-0.3, -0.25) is 4.79 Å². The van der Waals surface area contributed by atoms with Crippen LogP contribution >= 0.6 is 0 Å². The molecule has 0 aromatic heterocycles. The van der Waals surface area contributed by atoms with E-state index in [0.717, 1.165) is 35.1 Å². The molecule has 0 radical (unpaired) electrons. The number of amides is 1. The van der Waals surface area contributed by atoms with Gasteiger partial charge in [-0.25, -0.2) is 0 Å². The summed E-state index contributed by atoms with van der Waals surface area (Å²) in [6.07, 6.45) is 1.97. The van der Waals surface area contributed by atoms with E-state index < -0.39 is 0 Å². The van der Waals surface area contributed by atoms with Gasteiger partial charge >= 0.3 is 0 Å². The Labute approximate surface area is 166 Å². The van der Waals surface area contributed by atoms with Crippen LogP contribution in [0.25, 0.3) is 10.8 Å². The topological polar surface area (TPSA) is 47.6 Å². The fourth-order valence-electron chi connectivity index (χ4n) is 3.04. The number of carbonyl (C=O) groups is 1. The zero-order chi connectivity index (χ0) is 19.8. The quantitative estimate of drug-likeness (QED) is 0.547. The summed E-state index contributed by atoms with van der Waals surface area (Å²) in [5, 5.41) is 5.04. The smallest absolute Gasteiger partial charge is 0.257 e. The van der Waals surface area contributed by atoms with Gasteiger partial charge in [0.25, 0.3) is 5.91 Å². The van der Waals surface area contributed by atoms with Gasteiger partial charge in [0.15, 0.2) is 6.61 Å². The van der Waals surface area contributed by atoms with Crippen LogP contribution in [0.2, 0.25) is 0 Å². The van der Waals surface area contributed by atoms with Crippen LogP contribution < -0.4 is 14.8 Å². The van der Waals surface area contributed by atoms with E-state index in [4.69, 9.17) is 9.47 Å². The lowest BCUT2D eigenvalue weighted by atomic mass is 10.1. The predicted octanol–water partition coefficient (Wildman–Crippen LogP) is 4.75. The van der Waals surface area contributed by atoms with Crippen molar-refractivity contribution >= 4 is 16.7 Å². The molecule has 1 N–H and O–H groups in total. The third kappa shape index (κ3) is 5.74. The second-order valence-electron chi connectivity index (χ2n) is 7.03. The maximum absolute atomic E-state index is 12.1. The molecular formula is C24H27NO3. The third-order valence-corrected chi connectivity index (χ3v) is 4.37. The van der Waals surface area contributed by atoms with E-state index in [1.165, 1.54) is 5.56 Å². The number of fused-ring (bicyclic) bond motifs is 1. The van der Waals surface area contributed by atoms with E-state index in [-0.39, 0.29) is 18.6 Å². The Bertz CT molecular complexity index is 898. The minimum atomic E-state index is -0.103. The van der Waals surface area contributed by atoms with Gasteiger partial charge in [-0.1, -0.05) is 48.5 Å². The van der Waals surface area contributed by atoms with E-state index in [9.17, 15) is 4.79 Å². The first-order valence-electron chi connectivity index (χ1n) is 9.74. The number of hydrogen-bond donors (Lipinski definition) is 1. The van der Waals surface area contributed by atoms with Gasteiger partial charge in [0.2, 0.25) is 0 Å². The van der Waals surface area contributed by atoms with Crippen LogP contribution in [0, 0.1) is 0 Å². The molecule has 0 aliphatic rings. The van der Waals surface area contributed by atoms with Crippen molar-refractivity contribution in [1.82, 2.24) is 5.32 Å². The summed E-state index contributed by atoms with van der Waals surface area (Å²) >= 11 is 0. The molecule has 0 aliphatic heterocycles. The van der Waals surface area contributed by atoms with Gasteiger partial charge in [-0.15, -0.1) is 0 Å². The molecule has 0 unspecified atom stereocenters. The second kappa shape index (κ2) is 9.79. The Balaban J connectivity index is 1.39. The number of aryl methyl sites for hydroxylation is 1. The number of nitrogens with one attached hydrogen (secondary N) is 1. The lowest BCUT2D eigenvalue weighted by molar-refractivity contribution is -0.123. The lowest BCUT2D eigenvalue weighted by Crippen LogP contribution is -2.29. The van der Waals surface area contributed by atoms with E-state index in [1.54, 1.807) is 0 Å². The molecule has 4 nitrogen and oxygen atoms in total. The zero-order valence-corrected chi connectivity index (χ0v) is 16.5. The van der Waals surface area contributed by atoms with Crippen molar-refractivity contribution in [3.63, 3.8) is 0 Å². The number of benzene rings is 3. The highest BCUT2D eigenvalue weighted by Gasteiger charge is 2.05. The maximum Gasteiger partial charge on any atom is 0.257 e. The van der Waals surface area contributed by atoms with Crippen LogP contribution in [0.1, 0.15) is 25.8 Å². The number of hydrogen-bond acceptors (Lipinski definition) is 3. The normalized spacial score (nSPS) is 10.8. The molecule has 0 heterocycles. The molecule has 0 atom stereocenters. The van der Waals surface area contributed by atoms with Crippen LogP contribution in [0.5, 0.6) is 11.5 Å². The van der Waals surface area contributed by atoms with Gasteiger partial charge in [0, 0.05) is 11.9 Å². The lowest BCUT2D eigenvalue weighted by Gasteiger charge is -2.11. The molecular weight excluding hydrogens is 350 g/mol. The molecule has 1 amide bonds. The Hall–Kier alpha value is -3.01. The summed E-state index contributed by atoms with van der Waals surface area (Å²) in [6.45, 7) is 4.68. The summed E-state index contributed by atoms with van der Waals surface area (Å²) in [7, 11) is 0. The summed E-state index contributed by atoms with van der Waals surface area (Å²) in [6, 6.07) is 22.0. The number of ether oxygens (including phenoxy) is 2. The van der Waals surface area contributed by atoms with Crippen LogP contribution in [0.3, 0.4) is 0 Å². The molecule has 3 aromatic rings. The van der Waals surface area contributed by atoms with Crippen LogP contribution in [-0.2, 0) is 11.2 Å². The average molecular weight is 377 g/mol. The first-order valence-corrected chi connectivity index (χ1v) is 9.74. The Morgan fingerprint density at radius 1 is 0.964 bits per heavy atom. The van der Waals surface area contributed by atoms with E-state index in [1.807, 2.05) is 68.4 Å². The highest BCUT2D eigenvalue weighted by Crippen LogP contribution is 2.24. The van der Waals surface area contributed by atoms with Crippen molar-refractivity contribution in [2.24, 2.45) is 0 Å². The monoisotopic (exact) mass is 377 g/mol. The van der Waals surface area contributed by atoms with Gasteiger partial charge in [0.05, 0.1) is 6.10 Å². The van der Waals surface area contributed by atoms with Crippen molar-refractivity contribution in [3.05, 3.63) is 72.3 Å². The SMILES string of the molecule is CC(C)Oc1ccc(CCCNC(=O)COc2cccc3ccccc23)cc1. The highest BCUT2D eigenvalue weighted by atomic mass is 16.5. The third-order valence-electron chi connectivity index (χ3n) is 4.37. The summed E-state index contributed by atoms with van der Waals surface area (Å²) in [5.41, 5.74) is 1.23. The maximum atomic E-state index is 12.1. The zero-order valence-electron chi connectivity index (χ0n) is 16.5. The molecule has 0 aliphatic carbocycles. The predicted molar refractivity (Wildman–Crippen MR) is 113 cm³/mol. The molecule has 0 fully saturated rings. The molecule has 3 rings (SSSR count). The molecule has 146 valence electrons. The van der Waals surface area contributed by atoms with Crippen molar-refractivity contribution in [2.45, 2.75) is 32.8 Å². The largest absolute Gasteiger partial charge is 0.491 e. The van der Waals surface area contributed by atoms with Gasteiger partial charge in [-0.05, 0) is 55.8 Å². The molecule has 28 heavy (non-hydrogen) atoms. The fraction of sp³-hybridized carbons (Fsp3) is 0.292. The molecule has 0 spiro atoms.